The second-order valence-electron chi connectivity index (χ2n) is 11.6. The van der Waals surface area contributed by atoms with Crippen molar-refractivity contribution in [2.24, 2.45) is 0 Å². The standard InChI is InChI=1S/C17H23N3O2.C13H17N3.Al.Li.4H/c1-17(2,3)22-16(21)20-9-5-6-13(20)10-12-11-19-14-7-4-8-18-15(12)14;1-16-7-3-4-11(16)8-10-9-15-12-5-2-6-14-13(10)12;;;;;;/h4,7-8,11,13,19H,5-6,9-10H2,1-3H3;2,5-6,9,11,15H,3-4,7-8H2,1H3;;;;;;/q;;;+1;;;;-1/t13-;11-;;;;;;/m00....../s1. The molecule has 0 radical (unpaired) electrons. The fourth-order valence-electron chi connectivity index (χ4n) is 5.69. The Morgan fingerprint density at radius 1 is 0.950 bits per heavy atom. The number of hydrogen-bond acceptors (Lipinski definition) is 5. The molecule has 6 rings (SSSR count). The molecule has 2 aliphatic heterocycles. The van der Waals surface area contributed by atoms with Gasteiger partial charge in [-0.3, -0.25) is 9.97 Å². The number of aromatic amines is 2. The predicted octanol–water partition coefficient (Wildman–Crippen LogP) is 1.64. The van der Waals surface area contributed by atoms with Gasteiger partial charge in [-0.25, -0.2) is 4.79 Å². The summed E-state index contributed by atoms with van der Waals surface area (Å²) in [5, 5.41) is 0. The largest absolute Gasteiger partial charge is 1.00 e. The van der Waals surface area contributed by atoms with Crippen LogP contribution in [-0.4, -0.2) is 91.0 Å². The maximum atomic E-state index is 12.3. The molecule has 10 heteroatoms. The van der Waals surface area contributed by atoms with Crippen LogP contribution in [0.5, 0.6) is 0 Å². The first-order valence-corrected chi connectivity index (χ1v) is 13.8. The number of nitrogens with zero attached hydrogens (tertiary/aromatic N) is 4. The second-order valence-corrected chi connectivity index (χ2v) is 11.6. The average molecular weight is 555 g/mol. The van der Waals surface area contributed by atoms with E-state index in [4.69, 9.17) is 4.74 Å². The summed E-state index contributed by atoms with van der Waals surface area (Å²) in [7, 11) is 2.22. The molecule has 2 atom stereocenters. The van der Waals surface area contributed by atoms with E-state index in [0.717, 1.165) is 59.9 Å². The molecule has 0 bridgehead atoms. The van der Waals surface area contributed by atoms with Gasteiger partial charge < -0.3 is 25.9 Å². The summed E-state index contributed by atoms with van der Waals surface area (Å²) >= 11 is 0. The molecule has 0 aliphatic carbocycles. The van der Waals surface area contributed by atoms with Gasteiger partial charge in [-0.2, -0.15) is 0 Å². The number of hydrogen-bond donors (Lipinski definition) is 2. The zero-order valence-electron chi connectivity index (χ0n) is 25.0. The molecule has 6 heterocycles. The van der Waals surface area contributed by atoms with E-state index in [1.54, 1.807) is 6.20 Å². The maximum Gasteiger partial charge on any atom is 1.00 e. The van der Waals surface area contributed by atoms with E-state index in [1.807, 2.05) is 56.3 Å². The van der Waals surface area contributed by atoms with E-state index in [9.17, 15) is 4.79 Å². The van der Waals surface area contributed by atoms with Gasteiger partial charge in [-0.1, -0.05) is 0 Å². The van der Waals surface area contributed by atoms with E-state index >= 15 is 0 Å². The smallest absolute Gasteiger partial charge is 1.00 e. The number of carbonyl (C=O) groups excluding carboxylic acids is 1. The van der Waals surface area contributed by atoms with Crippen LogP contribution >= 0.6 is 0 Å². The van der Waals surface area contributed by atoms with Gasteiger partial charge >= 0.3 is 25.0 Å². The van der Waals surface area contributed by atoms with Gasteiger partial charge in [0, 0.05) is 43.4 Å². The van der Waals surface area contributed by atoms with Crippen LogP contribution in [0.15, 0.2) is 49.1 Å². The fourth-order valence-corrected chi connectivity index (χ4v) is 5.69. The molecule has 0 aromatic carbocycles. The number of nitrogens with one attached hydrogen (secondary N) is 2. The number of rotatable bonds is 4. The minimum Gasteiger partial charge on any atom is -1.00 e. The SMILES string of the molecule is CC(C)(C)OC(=O)N1CCC[C@H]1Cc1c[nH]c2cccnc12.CN1CCC[C@H]1Cc1c[nH]c2cccnc12.[AlH3].[H-].[Li+]. The van der Waals surface area contributed by atoms with Gasteiger partial charge in [0.05, 0.1) is 22.1 Å². The number of pyridine rings is 2. The summed E-state index contributed by atoms with van der Waals surface area (Å²) in [6, 6.07) is 8.89. The Kier molecular flexibility index (Phi) is 11.4. The summed E-state index contributed by atoms with van der Waals surface area (Å²) in [5.41, 5.74) is 6.40. The third kappa shape index (κ3) is 7.72. The summed E-state index contributed by atoms with van der Waals surface area (Å²) in [6.45, 7) is 7.72. The van der Waals surface area contributed by atoms with Crippen molar-refractivity contribution in [2.45, 2.75) is 77.0 Å². The number of aromatic nitrogens is 4. The van der Waals surface area contributed by atoms with E-state index < -0.39 is 5.60 Å². The first-order chi connectivity index (χ1) is 18.3. The van der Waals surface area contributed by atoms with E-state index in [0.29, 0.717) is 6.04 Å². The molecular formula is C30H44AlLiN6O2. The summed E-state index contributed by atoms with van der Waals surface area (Å²) in [4.78, 5) is 32.1. The van der Waals surface area contributed by atoms with Gasteiger partial charge in [-0.15, -0.1) is 0 Å². The van der Waals surface area contributed by atoms with Crippen LogP contribution in [0.3, 0.4) is 0 Å². The summed E-state index contributed by atoms with van der Waals surface area (Å²) in [5.74, 6) is 0. The number of carbonyl (C=O) groups is 1. The van der Waals surface area contributed by atoms with Crippen molar-refractivity contribution in [3.63, 3.8) is 0 Å². The van der Waals surface area contributed by atoms with E-state index in [-0.39, 0.29) is 49.8 Å². The average Bonchev–Trinajstić information content (AvgIpc) is 3.68. The minimum atomic E-state index is -0.452. The number of H-pyrrole nitrogens is 2. The topological polar surface area (TPSA) is 90.1 Å². The third-order valence-corrected chi connectivity index (χ3v) is 7.62. The zero-order valence-corrected chi connectivity index (χ0v) is 24.0. The van der Waals surface area contributed by atoms with Crippen molar-refractivity contribution in [2.75, 3.05) is 20.1 Å². The van der Waals surface area contributed by atoms with Crippen LogP contribution in [0.4, 0.5) is 4.79 Å². The van der Waals surface area contributed by atoms with Gasteiger partial charge in [0.15, 0.2) is 17.4 Å². The fraction of sp³-hybridized carbons (Fsp3) is 0.500. The number of fused-ring (bicyclic) bond motifs is 2. The monoisotopic (exact) mass is 554 g/mol. The van der Waals surface area contributed by atoms with Crippen LogP contribution in [0.2, 0.25) is 0 Å². The Hall–Kier alpha value is -2.26. The Morgan fingerprint density at radius 3 is 2.00 bits per heavy atom. The van der Waals surface area contributed by atoms with Crippen LogP contribution < -0.4 is 18.9 Å². The van der Waals surface area contributed by atoms with Crippen molar-refractivity contribution >= 4 is 45.5 Å². The van der Waals surface area contributed by atoms with Crippen molar-refractivity contribution in [1.29, 1.82) is 0 Å². The van der Waals surface area contributed by atoms with Gasteiger partial charge in [0.25, 0.3) is 0 Å². The summed E-state index contributed by atoms with van der Waals surface area (Å²) < 4.78 is 5.52. The Balaban J connectivity index is 0.000000278. The molecule has 0 saturated carbocycles. The van der Waals surface area contributed by atoms with Crippen LogP contribution in [-0.2, 0) is 17.6 Å². The molecule has 4 aromatic rings. The number of likely N-dealkylation sites (N-methyl/N-ethyl adjacent to an activating group) is 1. The van der Waals surface area contributed by atoms with Crippen LogP contribution in [0.25, 0.3) is 22.1 Å². The van der Waals surface area contributed by atoms with Gasteiger partial charge in [0.1, 0.15) is 5.60 Å². The Labute approximate surface area is 261 Å². The predicted molar refractivity (Wildman–Crippen MR) is 162 cm³/mol. The maximum absolute atomic E-state index is 12.3. The van der Waals surface area contributed by atoms with Gasteiger partial charge in [-0.05, 0) is 108 Å². The zero-order chi connectivity index (χ0) is 26.7. The molecule has 2 fully saturated rings. The minimum absolute atomic E-state index is 0. The van der Waals surface area contributed by atoms with Crippen molar-refractivity contribution in [1.82, 2.24) is 29.7 Å². The molecule has 4 aromatic heterocycles. The van der Waals surface area contributed by atoms with Crippen molar-refractivity contribution in [3.05, 3.63) is 60.2 Å². The number of amides is 1. The molecule has 8 nitrogen and oxygen atoms in total. The first kappa shape index (κ1) is 32.3. The molecule has 2 N–H and O–H groups in total. The molecule has 1 amide bonds. The molecule has 210 valence electrons. The van der Waals surface area contributed by atoms with Crippen molar-refractivity contribution in [3.8, 4) is 0 Å². The number of ether oxygens (including phenoxy) is 1. The molecular weight excluding hydrogens is 510 g/mol. The van der Waals surface area contributed by atoms with E-state index in [2.05, 4.69) is 44.1 Å². The first-order valence-electron chi connectivity index (χ1n) is 13.8. The quantitative estimate of drug-likeness (QED) is 0.375. The Morgan fingerprint density at radius 2 is 1.48 bits per heavy atom. The third-order valence-electron chi connectivity index (χ3n) is 7.62. The summed E-state index contributed by atoms with van der Waals surface area (Å²) in [6.07, 6.45) is 14.2. The van der Waals surface area contributed by atoms with Crippen molar-refractivity contribution < 1.29 is 29.8 Å². The normalized spacial score (nSPS) is 19.1. The molecule has 2 saturated heterocycles. The molecule has 2 aliphatic rings. The van der Waals surface area contributed by atoms with E-state index in [1.165, 1.54) is 24.9 Å². The second kappa shape index (κ2) is 14.1. The number of likely N-dealkylation sites (tertiary alicyclic amines) is 2. The molecule has 0 unspecified atom stereocenters. The molecule has 0 spiro atoms. The van der Waals surface area contributed by atoms with Crippen LogP contribution in [0.1, 0.15) is 59.0 Å². The molecule has 40 heavy (non-hydrogen) atoms. The van der Waals surface area contributed by atoms with Crippen LogP contribution in [0, 0.1) is 0 Å². The van der Waals surface area contributed by atoms with Gasteiger partial charge in [0.2, 0.25) is 0 Å². The Bertz CT molecular complexity index is 1390.